The molecular weight excluding hydrogens is 286 g/mol. The van der Waals surface area contributed by atoms with Crippen molar-refractivity contribution in [3.8, 4) is 5.75 Å². The molecule has 3 heteroatoms. The highest BCUT2D eigenvalue weighted by Gasteiger charge is 2.31. The summed E-state index contributed by atoms with van der Waals surface area (Å²) in [7, 11) is 0. The van der Waals surface area contributed by atoms with Gasteiger partial charge < -0.3 is 10.1 Å². The molecule has 1 unspecified atom stereocenters. The van der Waals surface area contributed by atoms with Gasteiger partial charge in [-0.25, -0.2) is 0 Å². The lowest BCUT2D eigenvalue weighted by Crippen LogP contribution is -2.15. The van der Waals surface area contributed by atoms with E-state index in [0.29, 0.717) is 6.42 Å². The number of amides is 1. The first-order valence-corrected chi connectivity index (χ1v) is 8.31. The first kappa shape index (κ1) is 15.6. The number of ether oxygens (including phenoxy) is 1. The van der Waals surface area contributed by atoms with Gasteiger partial charge in [-0.3, -0.25) is 4.79 Å². The lowest BCUT2D eigenvalue weighted by atomic mass is 9.92. The topological polar surface area (TPSA) is 38.3 Å². The van der Waals surface area contributed by atoms with Crippen LogP contribution in [0.5, 0.6) is 5.75 Å². The zero-order valence-corrected chi connectivity index (χ0v) is 13.8. The predicted molar refractivity (Wildman–Crippen MR) is 93.1 cm³/mol. The van der Waals surface area contributed by atoms with E-state index in [0.717, 1.165) is 47.6 Å². The number of unbranched alkanes of at least 4 members (excludes halogenated alkanes) is 1. The SMILES string of the molecule is CCCCOc1ccccc1CC1C(=O)Nc2c(C)cccc21. The van der Waals surface area contributed by atoms with Crippen LogP contribution in [-0.2, 0) is 11.2 Å². The van der Waals surface area contributed by atoms with Crippen molar-refractivity contribution >= 4 is 11.6 Å². The monoisotopic (exact) mass is 309 g/mol. The average molecular weight is 309 g/mol. The molecule has 1 heterocycles. The summed E-state index contributed by atoms with van der Waals surface area (Å²) in [6.07, 6.45) is 2.82. The fourth-order valence-corrected chi connectivity index (χ4v) is 3.07. The van der Waals surface area contributed by atoms with Crippen molar-refractivity contribution in [3.63, 3.8) is 0 Å². The second-order valence-electron chi connectivity index (χ2n) is 6.09. The first-order chi connectivity index (χ1) is 11.2. The molecule has 0 spiro atoms. The van der Waals surface area contributed by atoms with Crippen LogP contribution in [0, 0.1) is 6.92 Å². The van der Waals surface area contributed by atoms with Gasteiger partial charge in [0.2, 0.25) is 5.91 Å². The Morgan fingerprint density at radius 1 is 1.13 bits per heavy atom. The molecule has 1 aliphatic rings. The van der Waals surface area contributed by atoms with E-state index < -0.39 is 0 Å². The number of rotatable bonds is 6. The van der Waals surface area contributed by atoms with Crippen LogP contribution >= 0.6 is 0 Å². The zero-order valence-electron chi connectivity index (χ0n) is 13.8. The van der Waals surface area contributed by atoms with Gasteiger partial charge in [0.25, 0.3) is 0 Å². The zero-order chi connectivity index (χ0) is 16.2. The minimum atomic E-state index is -0.138. The standard InChI is InChI=1S/C20H23NO2/c1-3-4-12-23-18-11-6-5-9-15(18)13-17-16-10-7-8-14(2)19(16)21-20(17)22/h5-11,17H,3-4,12-13H2,1-2H3,(H,21,22). The van der Waals surface area contributed by atoms with Crippen molar-refractivity contribution < 1.29 is 9.53 Å². The molecule has 0 radical (unpaired) electrons. The van der Waals surface area contributed by atoms with E-state index in [1.54, 1.807) is 0 Å². The second-order valence-corrected chi connectivity index (χ2v) is 6.09. The summed E-state index contributed by atoms with van der Waals surface area (Å²) in [6, 6.07) is 14.1. The van der Waals surface area contributed by atoms with Gasteiger partial charge in [0.1, 0.15) is 5.75 Å². The number of hydrogen-bond donors (Lipinski definition) is 1. The molecule has 2 aromatic rings. The van der Waals surface area contributed by atoms with E-state index in [-0.39, 0.29) is 11.8 Å². The van der Waals surface area contributed by atoms with Crippen LogP contribution in [0.4, 0.5) is 5.69 Å². The van der Waals surface area contributed by atoms with Crippen molar-refractivity contribution in [2.24, 2.45) is 0 Å². The Balaban J connectivity index is 1.83. The van der Waals surface area contributed by atoms with E-state index in [1.807, 2.05) is 43.3 Å². The second kappa shape index (κ2) is 6.86. The molecule has 0 bridgehead atoms. The predicted octanol–water partition coefficient (Wildman–Crippen LogP) is 4.45. The lowest BCUT2D eigenvalue weighted by Gasteiger charge is -2.14. The number of fused-ring (bicyclic) bond motifs is 1. The summed E-state index contributed by atoms with van der Waals surface area (Å²) in [5, 5.41) is 3.03. The van der Waals surface area contributed by atoms with Crippen LogP contribution in [0.15, 0.2) is 42.5 Å². The quantitative estimate of drug-likeness (QED) is 0.800. The molecule has 2 aromatic carbocycles. The molecule has 0 saturated heterocycles. The van der Waals surface area contributed by atoms with Gasteiger partial charge in [-0.1, -0.05) is 49.7 Å². The molecule has 3 rings (SSSR count). The summed E-state index contributed by atoms with van der Waals surface area (Å²) in [6.45, 7) is 4.90. The molecule has 0 saturated carbocycles. The lowest BCUT2D eigenvalue weighted by molar-refractivity contribution is -0.117. The van der Waals surface area contributed by atoms with Crippen molar-refractivity contribution in [2.75, 3.05) is 11.9 Å². The summed E-state index contributed by atoms with van der Waals surface area (Å²) in [5.74, 6) is 0.841. The van der Waals surface area contributed by atoms with E-state index in [1.165, 1.54) is 0 Å². The summed E-state index contributed by atoms with van der Waals surface area (Å²) in [5.41, 5.74) is 4.29. The largest absolute Gasteiger partial charge is 0.493 e. The minimum absolute atomic E-state index is 0.0812. The Kier molecular flexibility index (Phi) is 4.65. The number of carbonyl (C=O) groups is 1. The van der Waals surface area contributed by atoms with Crippen LogP contribution in [-0.4, -0.2) is 12.5 Å². The van der Waals surface area contributed by atoms with Gasteiger partial charge in [0.15, 0.2) is 0 Å². The van der Waals surface area contributed by atoms with Gasteiger partial charge in [0, 0.05) is 5.69 Å². The number of hydrogen-bond acceptors (Lipinski definition) is 2. The van der Waals surface area contributed by atoms with E-state index in [9.17, 15) is 4.79 Å². The van der Waals surface area contributed by atoms with Crippen LogP contribution in [0.3, 0.4) is 0 Å². The molecule has 1 N–H and O–H groups in total. The third kappa shape index (κ3) is 3.24. The third-order valence-electron chi connectivity index (χ3n) is 4.40. The average Bonchev–Trinajstić information content (AvgIpc) is 2.87. The van der Waals surface area contributed by atoms with Crippen LogP contribution in [0.2, 0.25) is 0 Å². The molecular formula is C20H23NO2. The Morgan fingerprint density at radius 2 is 1.96 bits per heavy atom. The van der Waals surface area contributed by atoms with Gasteiger partial charge >= 0.3 is 0 Å². The number of benzene rings is 2. The smallest absolute Gasteiger partial charge is 0.232 e. The van der Waals surface area contributed by atoms with Crippen LogP contribution < -0.4 is 10.1 Å². The molecule has 1 aliphatic heterocycles. The number of aryl methyl sites for hydroxylation is 1. The van der Waals surface area contributed by atoms with E-state index in [2.05, 4.69) is 18.3 Å². The Bertz CT molecular complexity index is 709. The molecule has 1 amide bonds. The highest BCUT2D eigenvalue weighted by atomic mass is 16.5. The van der Waals surface area contributed by atoms with Crippen LogP contribution in [0.1, 0.15) is 42.4 Å². The maximum absolute atomic E-state index is 12.4. The first-order valence-electron chi connectivity index (χ1n) is 8.31. The van der Waals surface area contributed by atoms with Crippen molar-refractivity contribution in [3.05, 3.63) is 59.2 Å². The molecule has 0 aliphatic carbocycles. The molecule has 23 heavy (non-hydrogen) atoms. The molecule has 3 nitrogen and oxygen atoms in total. The number of anilines is 1. The molecule has 0 aromatic heterocycles. The maximum atomic E-state index is 12.4. The highest BCUT2D eigenvalue weighted by molar-refractivity contribution is 6.03. The van der Waals surface area contributed by atoms with Crippen molar-refractivity contribution in [2.45, 2.75) is 39.0 Å². The number of nitrogens with one attached hydrogen (secondary N) is 1. The van der Waals surface area contributed by atoms with Crippen LogP contribution in [0.25, 0.3) is 0 Å². The summed E-state index contributed by atoms with van der Waals surface area (Å²) >= 11 is 0. The fraction of sp³-hybridized carbons (Fsp3) is 0.350. The van der Waals surface area contributed by atoms with Crippen molar-refractivity contribution in [1.82, 2.24) is 0 Å². The Labute approximate surface area is 137 Å². The third-order valence-corrected chi connectivity index (χ3v) is 4.40. The normalized spacial score (nSPS) is 16.1. The van der Waals surface area contributed by atoms with Gasteiger partial charge in [0.05, 0.1) is 12.5 Å². The molecule has 0 fully saturated rings. The molecule has 120 valence electrons. The Hall–Kier alpha value is -2.29. The summed E-state index contributed by atoms with van der Waals surface area (Å²) < 4.78 is 5.90. The number of carbonyl (C=O) groups excluding carboxylic acids is 1. The fourth-order valence-electron chi connectivity index (χ4n) is 3.07. The maximum Gasteiger partial charge on any atom is 0.232 e. The summed E-state index contributed by atoms with van der Waals surface area (Å²) in [4.78, 5) is 12.4. The molecule has 1 atom stereocenters. The van der Waals surface area contributed by atoms with Gasteiger partial charge in [-0.05, 0) is 42.5 Å². The highest BCUT2D eigenvalue weighted by Crippen LogP contribution is 2.38. The van der Waals surface area contributed by atoms with E-state index in [4.69, 9.17) is 4.74 Å². The van der Waals surface area contributed by atoms with Gasteiger partial charge in [-0.2, -0.15) is 0 Å². The Morgan fingerprint density at radius 3 is 2.78 bits per heavy atom. The van der Waals surface area contributed by atoms with E-state index >= 15 is 0 Å². The van der Waals surface area contributed by atoms with Gasteiger partial charge in [-0.15, -0.1) is 0 Å². The minimum Gasteiger partial charge on any atom is -0.493 e. The number of para-hydroxylation sites is 2. The van der Waals surface area contributed by atoms with Crippen molar-refractivity contribution in [1.29, 1.82) is 0 Å².